The molecular weight excluding hydrogens is 358 g/mol. The first-order chi connectivity index (χ1) is 12.3. The molecule has 8 nitrogen and oxygen atoms in total. The number of benzene rings is 1. The summed E-state index contributed by atoms with van der Waals surface area (Å²) in [4.78, 5) is 35.5. The molecule has 0 bridgehead atoms. The molecule has 138 valence electrons. The Morgan fingerprint density at radius 3 is 2.62 bits per heavy atom. The summed E-state index contributed by atoms with van der Waals surface area (Å²) in [6, 6.07) is 5.80. The highest BCUT2D eigenvalue weighted by atomic mass is 32.1. The number of aryl methyl sites for hydroxylation is 1. The second-order valence-corrected chi connectivity index (χ2v) is 6.76. The Morgan fingerprint density at radius 2 is 2.04 bits per heavy atom. The van der Waals surface area contributed by atoms with Crippen molar-refractivity contribution in [1.29, 1.82) is 0 Å². The van der Waals surface area contributed by atoms with Crippen LogP contribution < -0.4 is 15.8 Å². The van der Waals surface area contributed by atoms with Crippen LogP contribution in [0.4, 0.5) is 10.7 Å². The van der Waals surface area contributed by atoms with Crippen LogP contribution in [0.3, 0.4) is 0 Å². The average Bonchev–Trinajstić information content (AvgIpc) is 2.90. The quantitative estimate of drug-likeness (QED) is 0.567. The molecule has 2 rings (SSSR count). The van der Waals surface area contributed by atoms with Crippen LogP contribution in [-0.4, -0.2) is 22.8 Å². The molecule has 0 radical (unpaired) electrons. The number of nitrogens with one attached hydrogen (secondary N) is 1. The first-order valence-electron chi connectivity index (χ1n) is 7.89. The molecule has 0 spiro atoms. The maximum atomic E-state index is 12.4. The Kier molecular flexibility index (Phi) is 5.93. The van der Waals surface area contributed by atoms with E-state index in [1.807, 2.05) is 13.8 Å². The number of nitrogens with two attached hydrogens (primary N) is 1. The third-order valence-corrected chi connectivity index (χ3v) is 4.84. The number of amides is 2. The molecule has 0 fully saturated rings. The third kappa shape index (κ3) is 3.99. The van der Waals surface area contributed by atoms with Crippen LogP contribution in [0.1, 0.15) is 34.6 Å². The van der Waals surface area contributed by atoms with Gasteiger partial charge >= 0.3 is 5.69 Å². The maximum absolute atomic E-state index is 12.4. The molecule has 1 unspecified atom stereocenters. The Morgan fingerprint density at radius 1 is 1.38 bits per heavy atom. The van der Waals surface area contributed by atoms with Gasteiger partial charge in [-0.1, -0.05) is 19.1 Å². The first-order valence-corrected chi connectivity index (χ1v) is 8.70. The fourth-order valence-electron chi connectivity index (χ4n) is 2.52. The molecule has 2 amide bonds. The Labute approximate surface area is 154 Å². The predicted molar refractivity (Wildman–Crippen MR) is 98.8 cm³/mol. The number of para-hydroxylation sites is 2. The maximum Gasteiger partial charge on any atom is 0.310 e. The van der Waals surface area contributed by atoms with Crippen LogP contribution >= 0.6 is 11.3 Å². The fraction of sp³-hybridized carbons (Fsp3) is 0.294. The minimum atomic E-state index is -1.01. The number of thiophene rings is 1. The number of nitro benzene ring substituents is 1. The van der Waals surface area contributed by atoms with E-state index in [-0.39, 0.29) is 11.4 Å². The molecule has 1 aromatic heterocycles. The molecular formula is C17H19N3O5S. The molecule has 1 heterocycles. The number of anilines is 1. The standard InChI is InChI=1S/C17H19N3O5S/c1-4-11-10(3)26-17(14(11)15(18)21)19-16(22)9(2)25-13-8-6-5-7-12(13)20(23)24/h5-9H,4H2,1-3H3,(H2,18,21)(H,19,22). The molecule has 2 aromatic rings. The van der Waals surface area contributed by atoms with Crippen molar-refractivity contribution in [1.82, 2.24) is 0 Å². The van der Waals surface area contributed by atoms with Gasteiger partial charge in [0, 0.05) is 10.9 Å². The zero-order chi connectivity index (χ0) is 19.4. The zero-order valence-electron chi connectivity index (χ0n) is 14.6. The van der Waals surface area contributed by atoms with E-state index in [0.29, 0.717) is 17.0 Å². The van der Waals surface area contributed by atoms with Gasteiger partial charge in [-0.25, -0.2) is 0 Å². The number of hydrogen-bond donors (Lipinski definition) is 2. The van der Waals surface area contributed by atoms with Crippen molar-refractivity contribution in [2.75, 3.05) is 5.32 Å². The zero-order valence-corrected chi connectivity index (χ0v) is 15.4. The van der Waals surface area contributed by atoms with E-state index in [2.05, 4.69) is 5.32 Å². The highest BCUT2D eigenvalue weighted by Gasteiger charge is 2.24. The van der Waals surface area contributed by atoms with Crippen molar-refractivity contribution in [2.45, 2.75) is 33.3 Å². The molecule has 9 heteroatoms. The number of hydrogen-bond acceptors (Lipinski definition) is 6. The van der Waals surface area contributed by atoms with E-state index in [1.54, 1.807) is 6.07 Å². The molecule has 0 saturated heterocycles. The normalized spacial score (nSPS) is 11.7. The lowest BCUT2D eigenvalue weighted by Gasteiger charge is -2.14. The molecule has 3 N–H and O–H groups in total. The lowest BCUT2D eigenvalue weighted by molar-refractivity contribution is -0.386. The van der Waals surface area contributed by atoms with Crippen LogP contribution in [0.5, 0.6) is 5.75 Å². The number of primary amides is 1. The smallest absolute Gasteiger partial charge is 0.310 e. The summed E-state index contributed by atoms with van der Waals surface area (Å²) in [7, 11) is 0. The lowest BCUT2D eigenvalue weighted by atomic mass is 10.1. The van der Waals surface area contributed by atoms with Crippen molar-refractivity contribution in [3.8, 4) is 5.75 Å². The Bertz CT molecular complexity index is 862. The molecule has 0 aliphatic carbocycles. The van der Waals surface area contributed by atoms with Crippen LogP contribution in [-0.2, 0) is 11.2 Å². The van der Waals surface area contributed by atoms with Gasteiger partial charge in [0.25, 0.3) is 11.8 Å². The summed E-state index contributed by atoms with van der Waals surface area (Å²) in [5.74, 6) is -1.16. The largest absolute Gasteiger partial charge is 0.474 e. The van der Waals surface area contributed by atoms with E-state index in [9.17, 15) is 19.7 Å². The van der Waals surface area contributed by atoms with Gasteiger partial charge in [-0.05, 0) is 31.9 Å². The number of nitrogens with zero attached hydrogens (tertiary/aromatic N) is 1. The topological polar surface area (TPSA) is 125 Å². The van der Waals surface area contributed by atoms with Gasteiger partial charge in [-0.15, -0.1) is 11.3 Å². The van der Waals surface area contributed by atoms with Gasteiger partial charge in [0.2, 0.25) is 0 Å². The second kappa shape index (κ2) is 7.96. The summed E-state index contributed by atoms with van der Waals surface area (Å²) in [6.07, 6.45) is -0.400. The van der Waals surface area contributed by atoms with Crippen LogP contribution in [0.25, 0.3) is 0 Å². The molecule has 0 aliphatic heterocycles. The van der Waals surface area contributed by atoms with Crippen LogP contribution in [0, 0.1) is 17.0 Å². The number of nitro groups is 1. The number of carbonyl (C=O) groups is 2. The van der Waals surface area contributed by atoms with Gasteiger partial charge < -0.3 is 15.8 Å². The third-order valence-electron chi connectivity index (χ3n) is 3.78. The Balaban J connectivity index is 2.21. The number of ether oxygens (including phenoxy) is 1. The molecule has 26 heavy (non-hydrogen) atoms. The van der Waals surface area contributed by atoms with E-state index < -0.39 is 22.8 Å². The molecule has 1 atom stereocenters. The van der Waals surface area contributed by atoms with E-state index in [0.717, 1.165) is 10.4 Å². The summed E-state index contributed by atoms with van der Waals surface area (Å²) in [6.45, 7) is 5.21. The van der Waals surface area contributed by atoms with Crippen LogP contribution in [0.15, 0.2) is 24.3 Å². The van der Waals surface area contributed by atoms with Gasteiger partial charge in [-0.3, -0.25) is 19.7 Å². The van der Waals surface area contributed by atoms with Gasteiger partial charge in [0.15, 0.2) is 11.9 Å². The molecule has 0 aliphatic rings. The minimum absolute atomic E-state index is 0.00752. The van der Waals surface area contributed by atoms with Gasteiger partial charge in [0.1, 0.15) is 5.00 Å². The summed E-state index contributed by atoms with van der Waals surface area (Å²) in [5, 5.41) is 14.0. The predicted octanol–water partition coefficient (Wildman–Crippen LogP) is 3.03. The first kappa shape index (κ1) is 19.4. The number of carbonyl (C=O) groups excluding carboxylic acids is 2. The summed E-state index contributed by atoms with van der Waals surface area (Å²) < 4.78 is 5.44. The Hall–Kier alpha value is -2.94. The molecule has 1 aromatic carbocycles. The van der Waals surface area contributed by atoms with Gasteiger partial charge in [0.05, 0.1) is 10.5 Å². The lowest BCUT2D eigenvalue weighted by Crippen LogP contribution is -2.31. The fourth-order valence-corrected chi connectivity index (χ4v) is 3.67. The SMILES string of the molecule is CCc1c(C)sc(NC(=O)C(C)Oc2ccccc2[N+](=O)[O-])c1C(N)=O. The van der Waals surface area contributed by atoms with Crippen molar-refractivity contribution in [3.05, 3.63) is 50.4 Å². The van der Waals surface area contributed by atoms with Crippen molar-refractivity contribution < 1.29 is 19.2 Å². The van der Waals surface area contributed by atoms with Crippen molar-refractivity contribution in [3.63, 3.8) is 0 Å². The van der Waals surface area contributed by atoms with Crippen LogP contribution in [0.2, 0.25) is 0 Å². The van der Waals surface area contributed by atoms with E-state index >= 15 is 0 Å². The summed E-state index contributed by atoms with van der Waals surface area (Å²) in [5.41, 5.74) is 6.30. The highest BCUT2D eigenvalue weighted by Crippen LogP contribution is 2.33. The van der Waals surface area contributed by atoms with Gasteiger partial charge in [-0.2, -0.15) is 0 Å². The molecule has 0 saturated carbocycles. The highest BCUT2D eigenvalue weighted by molar-refractivity contribution is 7.16. The van der Waals surface area contributed by atoms with E-state index in [1.165, 1.54) is 36.5 Å². The summed E-state index contributed by atoms with van der Waals surface area (Å²) >= 11 is 1.26. The monoisotopic (exact) mass is 377 g/mol. The minimum Gasteiger partial charge on any atom is -0.474 e. The average molecular weight is 377 g/mol. The van der Waals surface area contributed by atoms with Crippen molar-refractivity contribution in [2.24, 2.45) is 5.73 Å². The van der Waals surface area contributed by atoms with E-state index in [4.69, 9.17) is 10.5 Å². The second-order valence-electron chi connectivity index (χ2n) is 5.53. The van der Waals surface area contributed by atoms with Crippen molar-refractivity contribution >= 4 is 33.8 Å². The number of rotatable bonds is 7.